The number of benzene rings is 1. The van der Waals surface area contributed by atoms with E-state index in [9.17, 15) is 9.59 Å². The molecule has 3 heterocycles. The van der Waals surface area contributed by atoms with Crippen LogP contribution in [0.5, 0.6) is 0 Å². The van der Waals surface area contributed by atoms with Crippen molar-refractivity contribution < 1.29 is 14.3 Å². The van der Waals surface area contributed by atoms with Crippen LogP contribution in [0.1, 0.15) is 51.0 Å². The van der Waals surface area contributed by atoms with Crippen LogP contribution in [0.2, 0.25) is 0 Å². The average molecular weight is 400 g/mol. The van der Waals surface area contributed by atoms with Gasteiger partial charge < -0.3 is 19.4 Å². The van der Waals surface area contributed by atoms with Gasteiger partial charge in [0.25, 0.3) is 0 Å². The van der Waals surface area contributed by atoms with E-state index in [4.69, 9.17) is 4.74 Å². The first-order chi connectivity index (χ1) is 14.0. The van der Waals surface area contributed by atoms with Gasteiger partial charge >= 0.3 is 6.09 Å². The predicted octanol–water partition coefficient (Wildman–Crippen LogP) is 3.40. The smallest absolute Gasteiger partial charge is 0.409 e. The number of likely N-dealkylation sites (tertiary alicyclic amines) is 2. The Hall–Kier alpha value is -2.08. The third-order valence-electron chi connectivity index (χ3n) is 7.29. The molecule has 1 spiro atoms. The molecule has 6 nitrogen and oxygen atoms in total. The van der Waals surface area contributed by atoms with Crippen LogP contribution in [-0.4, -0.2) is 67.7 Å². The Morgan fingerprint density at radius 2 is 1.79 bits per heavy atom. The van der Waals surface area contributed by atoms with Crippen LogP contribution < -0.4 is 4.90 Å². The minimum Gasteiger partial charge on any atom is -0.450 e. The molecule has 0 N–H and O–H groups in total. The van der Waals surface area contributed by atoms with Gasteiger partial charge in [0.05, 0.1) is 6.61 Å². The summed E-state index contributed by atoms with van der Waals surface area (Å²) in [6, 6.07) is 9.02. The van der Waals surface area contributed by atoms with Gasteiger partial charge in [0.15, 0.2) is 0 Å². The highest BCUT2D eigenvalue weighted by molar-refractivity contribution is 5.94. The molecule has 2 amide bonds. The minimum atomic E-state index is -0.174. The van der Waals surface area contributed by atoms with Crippen molar-refractivity contribution in [2.75, 3.05) is 44.7 Å². The summed E-state index contributed by atoms with van der Waals surface area (Å²) in [4.78, 5) is 30.8. The van der Waals surface area contributed by atoms with E-state index in [1.807, 2.05) is 29.8 Å². The first-order valence-corrected chi connectivity index (χ1v) is 11.1. The lowest BCUT2D eigenvalue weighted by molar-refractivity contribution is -0.118. The fraction of sp³-hybridized carbons (Fsp3) is 0.652. The molecule has 4 rings (SSSR count). The second-order valence-corrected chi connectivity index (χ2v) is 8.70. The van der Waals surface area contributed by atoms with E-state index in [2.05, 4.69) is 23.1 Å². The van der Waals surface area contributed by atoms with Gasteiger partial charge in [0.2, 0.25) is 5.91 Å². The van der Waals surface area contributed by atoms with Crippen LogP contribution in [0, 0.1) is 0 Å². The lowest BCUT2D eigenvalue weighted by atomic mass is 9.69. The van der Waals surface area contributed by atoms with Gasteiger partial charge in [-0.15, -0.1) is 0 Å². The van der Waals surface area contributed by atoms with Crippen LogP contribution in [0.15, 0.2) is 24.3 Å². The number of ether oxygens (including phenoxy) is 1. The van der Waals surface area contributed by atoms with Crippen molar-refractivity contribution in [2.45, 2.75) is 56.9 Å². The zero-order chi connectivity index (χ0) is 20.4. The molecule has 0 atom stereocenters. The Labute approximate surface area is 173 Å². The van der Waals surface area contributed by atoms with E-state index < -0.39 is 0 Å². The van der Waals surface area contributed by atoms with E-state index in [1.165, 1.54) is 5.56 Å². The minimum absolute atomic E-state index is 0.110. The molecule has 0 unspecified atom stereocenters. The molecule has 0 saturated carbocycles. The van der Waals surface area contributed by atoms with Gasteiger partial charge in [-0.25, -0.2) is 4.79 Å². The number of hydrogen-bond donors (Lipinski definition) is 0. The Morgan fingerprint density at radius 3 is 2.48 bits per heavy atom. The summed E-state index contributed by atoms with van der Waals surface area (Å²) in [7, 11) is 1.91. The molecule has 0 radical (unpaired) electrons. The Kier molecular flexibility index (Phi) is 5.81. The molecule has 0 aromatic heterocycles. The Morgan fingerprint density at radius 1 is 1.10 bits per heavy atom. The Bertz CT molecular complexity index is 749. The summed E-state index contributed by atoms with van der Waals surface area (Å²) >= 11 is 0. The van der Waals surface area contributed by atoms with Gasteiger partial charge in [0, 0.05) is 43.7 Å². The summed E-state index contributed by atoms with van der Waals surface area (Å²) in [6.07, 6.45) is 5.64. The maximum atomic E-state index is 12.5. The summed E-state index contributed by atoms with van der Waals surface area (Å²) in [5, 5.41) is 0. The van der Waals surface area contributed by atoms with Crippen molar-refractivity contribution in [3.8, 4) is 0 Å². The van der Waals surface area contributed by atoms with E-state index in [0.717, 1.165) is 64.0 Å². The highest BCUT2D eigenvalue weighted by Gasteiger charge is 2.42. The van der Waals surface area contributed by atoms with Gasteiger partial charge in [-0.2, -0.15) is 0 Å². The molecule has 6 heteroatoms. The second kappa shape index (κ2) is 8.34. The lowest BCUT2D eigenvalue weighted by Gasteiger charge is -2.46. The van der Waals surface area contributed by atoms with Gasteiger partial charge in [-0.1, -0.05) is 18.2 Å². The molecule has 3 aliphatic heterocycles. The molecule has 29 heavy (non-hydrogen) atoms. The van der Waals surface area contributed by atoms with E-state index in [0.29, 0.717) is 19.1 Å². The van der Waals surface area contributed by atoms with Crippen molar-refractivity contribution in [1.82, 2.24) is 9.80 Å². The van der Waals surface area contributed by atoms with Crippen molar-refractivity contribution in [1.29, 1.82) is 0 Å². The number of para-hydroxylation sites is 1. The molecule has 3 aliphatic rings. The molecule has 1 aromatic rings. The number of piperidine rings is 2. The predicted molar refractivity (Wildman–Crippen MR) is 113 cm³/mol. The van der Waals surface area contributed by atoms with Crippen molar-refractivity contribution in [2.24, 2.45) is 0 Å². The first kappa shape index (κ1) is 20.2. The van der Waals surface area contributed by atoms with E-state index in [1.54, 1.807) is 0 Å². The fourth-order valence-corrected chi connectivity index (χ4v) is 5.46. The highest BCUT2D eigenvalue weighted by atomic mass is 16.6. The largest absolute Gasteiger partial charge is 0.450 e. The van der Waals surface area contributed by atoms with Gasteiger partial charge in [-0.3, -0.25) is 4.79 Å². The normalized spacial score (nSPS) is 23.0. The number of amides is 2. The van der Waals surface area contributed by atoms with Crippen molar-refractivity contribution >= 4 is 17.7 Å². The highest BCUT2D eigenvalue weighted by Crippen LogP contribution is 2.46. The zero-order valence-electron chi connectivity index (χ0n) is 17.7. The topological polar surface area (TPSA) is 53.1 Å². The first-order valence-electron chi connectivity index (χ1n) is 11.1. The number of nitrogens with zero attached hydrogens (tertiary/aromatic N) is 3. The number of anilines is 1. The van der Waals surface area contributed by atoms with Crippen LogP contribution in [0.3, 0.4) is 0 Å². The number of carbonyl (C=O) groups is 2. The summed E-state index contributed by atoms with van der Waals surface area (Å²) in [5.41, 5.74) is 2.55. The molecule has 2 saturated heterocycles. The zero-order valence-corrected chi connectivity index (χ0v) is 17.7. The van der Waals surface area contributed by atoms with E-state index in [-0.39, 0.29) is 17.4 Å². The van der Waals surface area contributed by atoms with Crippen LogP contribution in [-0.2, 0) is 14.9 Å². The third kappa shape index (κ3) is 3.87. The lowest BCUT2D eigenvalue weighted by Crippen LogP contribution is -2.51. The Balaban J connectivity index is 1.41. The van der Waals surface area contributed by atoms with Crippen molar-refractivity contribution in [3.05, 3.63) is 29.8 Å². The number of hydrogen-bond acceptors (Lipinski definition) is 4. The van der Waals surface area contributed by atoms with Crippen LogP contribution >= 0.6 is 0 Å². The maximum absolute atomic E-state index is 12.5. The maximum Gasteiger partial charge on any atom is 0.409 e. The SMILES string of the molecule is CCOC(=O)N1CCC(N2CCC3(CCC(=O)N(C)c4ccccc43)CC2)CC1. The number of rotatable bonds is 2. The van der Waals surface area contributed by atoms with Crippen LogP contribution in [0.4, 0.5) is 10.5 Å². The third-order valence-corrected chi connectivity index (χ3v) is 7.29. The average Bonchev–Trinajstić information content (AvgIpc) is 2.86. The summed E-state index contributed by atoms with van der Waals surface area (Å²) in [5.74, 6) is 0.225. The molecular weight excluding hydrogens is 366 g/mol. The fourth-order valence-electron chi connectivity index (χ4n) is 5.46. The molecule has 1 aromatic carbocycles. The number of carbonyl (C=O) groups excluding carboxylic acids is 2. The molecular formula is C23H33N3O3. The second-order valence-electron chi connectivity index (χ2n) is 8.70. The van der Waals surface area contributed by atoms with Crippen LogP contribution in [0.25, 0.3) is 0 Å². The van der Waals surface area contributed by atoms with E-state index >= 15 is 0 Å². The van der Waals surface area contributed by atoms with Gasteiger partial charge in [0.1, 0.15) is 0 Å². The monoisotopic (exact) mass is 399 g/mol. The summed E-state index contributed by atoms with van der Waals surface area (Å²) < 4.78 is 5.14. The summed E-state index contributed by atoms with van der Waals surface area (Å²) in [6.45, 7) is 5.99. The molecule has 158 valence electrons. The molecule has 0 bridgehead atoms. The number of fused-ring (bicyclic) bond motifs is 2. The molecule has 2 fully saturated rings. The quantitative estimate of drug-likeness (QED) is 0.765. The molecule has 0 aliphatic carbocycles. The van der Waals surface area contributed by atoms with Crippen molar-refractivity contribution in [3.63, 3.8) is 0 Å². The van der Waals surface area contributed by atoms with Gasteiger partial charge in [-0.05, 0) is 63.7 Å². The standard InChI is InChI=1S/C23H33N3O3/c1-3-29-22(28)26-14-9-18(10-15-26)25-16-12-23(13-17-25)11-8-21(27)24(2)20-7-5-4-6-19(20)23/h4-7,18H,3,8-17H2,1-2H3.